The molecule has 1 aromatic heterocycles. The summed E-state index contributed by atoms with van der Waals surface area (Å²) in [5.74, 6) is -3.57. The standard InChI is InChI=1S/C10H8N2O5/c11-9(15)6-2-1-3-12(5-6)7(10(16)17)4-8(13)14/h1-5H,(H3-,11,13,14,15,16,17)/p+1/b7-4-. The van der Waals surface area contributed by atoms with Crippen LogP contribution in [0.1, 0.15) is 10.4 Å². The van der Waals surface area contributed by atoms with Gasteiger partial charge in [0.05, 0.1) is 0 Å². The van der Waals surface area contributed by atoms with Crippen LogP contribution in [0.3, 0.4) is 0 Å². The monoisotopic (exact) mass is 237 g/mol. The highest BCUT2D eigenvalue weighted by Gasteiger charge is 2.21. The summed E-state index contributed by atoms with van der Waals surface area (Å²) in [5.41, 5.74) is 4.60. The Kier molecular flexibility index (Phi) is 3.55. The minimum absolute atomic E-state index is 0.0741. The van der Waals surface area contributed by atoms with Gasteiger partial charge in [0.2, 0.25) is 0 Å². The fourth-order valence-electron chi connectivity index (χ4n) is 1.13. The first-order valence-corrected chi connectivity index (χ1v) is 4.41. The molecule has 0 saturated carbocycles. The summed E-state index contributed by atoms with van der Waals surface area (Å²) in [6.07, 6.45) is 2.97. The van der Waals surface area contributed by atoms with Crippen LogP contribution in [0.15, 0.2) is 30.6 Å². The van der Waals surface area contributed by atoms with E-state index in [1.54, 1.807) is 0 Å². The highest BCUT2D eigenvalue weighted by atomic mass is 16.4. The van der Waals surface area contributed by atoms with E-state index in [0.29, 0.717) is 6.08 Å². The van der Waals surface area contributed by atoms with Gasteiger partial charge < -0.3 is 15.9 Å². The quantitative estimate of drug-likeness (QED) is 0.462. The number of primary amides is 1. The van der Waals surface area contributed by atoms with E-state index in [-0.39, 0.29) is 5.56 Å². The zero-order valence-electron chi connectivity index (χ0n) is 8.53. The van der Waals surface area contributed by atoms with Gasteiger partial charge in [-0.15, -0.1) is 0 Å². The van der Waals surface area contributed by atoms with E-state index in [1.165, 1.54) is 18.3 Å². The number of carboxylic acids is 2. The predicted octanol–water partition coefficient (Wildman–Crippen LogP) is -0.917. The lowest BCUT2D eigenvalue weighted by atomic mass is 10.2. The van der Waals surface area contributed by atoms with Crippen LogP contribution in [0.25, 0.3) is 5.70 Å². The topological polar surface area (TPSA) is 122 Å². The summed E-state index contributed by atoms with van der Waals surface area (Å²) in [6, 6.07) is 2.78. The number of nitrogens with two attached hydrogens (primary N) is 1. The Balaban J connectivity index is 3.29. The Morgan fingerprint density at radius 1 is 1.29 bits per heavy atom. The minimum Gasteiger partial charge on any atom is -0.478 e. The third kappa shape index (κ3) is 3.13. The first-order valence-electron chi connectivity index (χ1n) is 4.41. The Morgan fingerprint density at radius 3 is 2.41 bits per heavy atom. The fourth-order valence-corrected chi connectivity index (χ4v) is 1.13. The number of rotatable bonds is 4. The molecule has 0 fully saturated rings. The second-order valence-corrected chi connectivity index (χ2v) is 3.04. The predicted molar refractivity (Wildman–Crippen MR) is 54.7 cm³/mol. The Bertz CT molecular complexity index is 521. The normalized spacial score (nSPS) is 10.9. The number of carboxylic acid groups (broad SMARTS) is 2. The average Bonchev–Trinajstić information content (AvgIpc) is 2.25. The van der Waals surface area contributed by atoms with E-state index in [2.05, 4.69) is 0 Å². The van der Waals surface area contributed by atoms with Crippen LogP contribution < -0.4 is 10.3 Å². The van der Waals surface area contributed by atoms with E-state index >= 15 is 0 Å². The van der Waals surface area contributed by atoms with Crippen molar-refractivity contribution in [3.63, 3.8) is 0 Å². The van der Waals surface area contributed by atoms with Gasteiger partial charge in [-0.25, -0.2) is 9.59 Å². The minimum atomic E-state index is -1.43. The van der Waals surface area contributed by atoms with Gasteiger partial charge in [-0.3, -0.25) is 4.79 Å². The third-order valence-corrected chi connectivity index (χ3v) is 1.84. The lowest BCUT2D eigenvalue weighted by molar-refractivity contribution is -0.578. The van der Waals surface area contributed by atoms with Crippen LogP contribution in [-0.2, 0) is 9.59 Å². The number of pyridine rings is 1. The van der Waals surface area contributed by atoms with Crippen molar-refractivity contribution in [2.45, 2.75) is 0 Å². The van der Waals surface area contributed by atoms with Crippen molar-refractivity contribution < 1.29 is 29.2 Å². The molecule has 1 aromatic rings. The molecule has 88 valence electrons. The van der Waals surface area contributed by atoms with Crippen molar-refractivity contribution in [1.82, 2.24) is 0 Å². The molecule has 0 aliphatic carbocycles. The second kappa shape index (κ2) is 4.88. The van der Waals surface area contributed by atoms with Crippen LogP contribution >= 0.6 is 0 Å². The van der Waals surface area contributed by atoms with E-state index in [0.717, 1.165) is 10.8 Å². The van der Waals surface area contributed by atoms with Crippen LogP contribution in [0.5, 0.6) is 0 Å². The third-order valence-electron chi connectivity index (χ3n) is 1.84. The molecule has 7 nitrogen and oxygen atoms in total. The number of nitrogens with zero attached hydrogens (tertiary/aromatic N) is 1. The Morgan fingerprint density at radius 2 is 1.94 bits per heavy atom. The van der Waals surface area contributed by atoms with Gasteiger partial charge in [-0.05, 0) is 6.07 Å². The molecule has 1 rings (SSSR count). The smallest absolute Gasteiger partial charge is 0.402 e. The molecule has 0 atom stereocenters. The number of aliphatic carboxylic acids is 2. The van der Waals surface area contributed by atoms with E-state index < -0.39 is 23.5 Å². The molecule has 0 saturated heterocycles. The first-order chi connectivity index (χ1) is 7.91. The lowest BCUT2D eigenvalue weighted by Gasteiger charge is -1.97. The second-order valence-electron chi connectivity index (χ2n) is 3.04. The zero-order chi connectivity index (χ0) is 13.0. The number of carbonyl (C=O) groups excluding carboxylic acids is 1. The number of amides is 1. The van der Waals surface area contributed by atoms with Gasteiger partial charge in [0.15, 0.2) is 12.4 Å². The van der Waals surface area contributed by atoms with Crippen LogP contribution in [0, 0.1) is 0 Å². The molecular formula is C10H9N2O5+. The summed E-state index contributed by atoms with van der Waals surface area (Å²) in [6.45, 7) is 0. The number of hydrogen-bond donors (Lipinski definition) is 3. The van der Waals surface area contributed by atoms with Crippen LogP contribution in [0.4, 0.5) is 0 Å². The lowest BCUT2D eigenvalue weighted by Crippen LogP contribution is -2.37. The van der Waals surface area contributed by atoms with Crippen LogP contribution in [0.2, 0.25) is 0 Å². The summed E-state index contributed by atoms with van der Waals surface area (Å²) < 4.78 is 0.997. The molecule has 0 aliphatic rings. The van der Waals surface area contributed by atoms with Crippen molar-refractivity contribution >= 4 is 23.5 Å². The summed E-state index contributed by atoms with van der Waals surface area (Å²) in [4.78, 5) is 32.2. The molecular weight excluding hydrogens is 228 g/mol. The molecule has 0 bridgehead atoms. The molecule has 0 unspecified atom stereocenters. The molecule has 0 aromatic carbocycles. The maximum atomic E-state index is 10.9. The molecule has 1 amide bonds. The van der Waals surface area contributed by atoms with Gasteiger partial charge in [-0.2, -0.15) is 4.57 Å². The largest absolute Gasteiger partial charge is 0.478 e. The molecule has 0 radical (unpaired) electrons. The number of aromatic nitrogens is 1. The zero-order valence-corrected chi connectivity index (χ0v) is 8.53. The Labute approximate surface area is 95.4 Å². The number of carbonyl (C=O) groups is 3. The molecule has 4 N–H and O–H groups in total. The SMILES string of the molecule is NC(=O)c1ccc[n+](/C(=C\C(=O)O)C(=O)O)c1. The van der Waals surface area contributed by atoms with Gasteiger partial charge in [-0.1, -0.05) is 0 Å². The highest BCUT2D eigenvalue weighted by Crippen LogP contribution is 1.98. The van der Waals surface area contributed by atoms with Gasteiger partial charge >= 0.3 is 17.6 Å². The van der Waals surface area contributed by atoms with Crippen molar-refractivity contribution in [2.75, 3.05) is 0 Å². The summed E-state index contributed by atoms with van der Waals surface area (Å²) in [5, 5.41) is 17.4. The molecule has 17 heavy (non-hydrogen) atoms. The van der Waals surface area contributed by atoms with Crippen LogP contribution in [-0.4, -0.2) is 28.1 Å². The average molecular weight is 237 g/mol. The fraction of sp³-hybridized carbons (Fsp3) is 0. The highest BCUT2D eigenvalue weighted by molar-refractivity contribution is 6.09. The number of hydrogen-bond acceptors (Lipinski definition) is 3. The molecule has 0 spiro atoms. The van der Waals surface area contributed by atoms with Gasteiger partial charge in [0.1, 0.15) is 11.6 Å². The van der Waals surface area contributed by atoms with Gasteiger partial charge in [0, 0.05) is 6.07 Å². The van der Waals surface area contributed by atoms with Crippen molar-refractivity contribution in [3.8, 4) is 0 Å². The molecule has 0 aliphatic heterocycles. The van der Waals surface area contributed by atoms with E-state index in [1.807, 2.05) is 0 Å². The summed E-state index contributed by atoms with van der Waals surface area (Å²) in [7, 11) is 0. The van der Waals surface area contributed by atoms with E-state index in [9.17, 15) is 14.4 Å². The van der Waals surface area contributed by atoms with Crippen molar-refractivity contribution in [1.29, 1.82) is 0 Å². The van der Waals surface area contributed by atoms with Gasteiger partial charge in [0.25, 0.3) is 5.91 Å². The Hall–Kier alpha value is -2.70. The van der Waals surface area contributed by atoms with Crippen molar-refractivity contribution in [2.24, 2.45) is 5.73 Å². The first kappa shape index (κ1) is 12.4. The molecule has 7 heteroatoms. The maximum absolute atomic E-state index is 10.9. The maximum Gasteiger partial charge on any atom is 0.402 e. The summed E-state index contributed by atoms with van der Waals surface area (Å²) >= 11 is 0. The van der Waals surface area contributed by atoms with Crippen molar-refractivity contribution in [3.05, 3.63) is 36.2 Å². The molecule has 1 heterocycles. The van der Waals surface area contributed by atoms with E-state index in [4.69, 9.17) is 15.9 Å².